The Bertz CT molecular complexity index is 1050. The molecule has 176 valence electrons. The van der Waals surface area contributed by atoms with Crippen LogP contribution in [0.25, 0.3) is 6.08 Å². The molecule has 2 aromatic carbocycles. The molecular weight excluding hydrogens is 454 g/mol. The van der Waals surface area contributed by atoms with Gasteiger partial charge in [-0.25, -0.2) is 0 Å². The SMILES string of the molecule is CCN1C(=O)/C(=C\c2ccc(OCCCOc3cc(C)ccc3C(C)C)c(OC)c2)SC1=S. The van der Waals surface area contributed by atoms with Crippen LogP contribution in [0, 0.1) is 6.92 Å². The van der Waals surface area contributed by atoms with E-state index in [1.807, 2.05) is 31.2 Å². The minimum absolute atomic E-state index is 0.0546. The van der Waals surface area contributed by atoms with E-state index >= 15 is 0 Å². The quantitative estimate of drug-likeness (QED) is 0.227. The first kappa shape index (κ1) is 25.1. The molecule has 0 radical (unpaired) electrons. The topological polar surface area (TPSA) is 48.0 Å². The summed E-state index contributed by atoms with van der Waals surface area (Å²) < 4.78 is 18.1. The molecule has 0 N–H and O–H groups in total. The first-order valence-corrected chi connectivity index (χ1v) is 12.4. The van der Waals surface area contributed by atoms with Crippen molar-refractivity contribution in [2.45, 2.75) is 40.0 Å². The Hall–Kier alpha value is -2.51. The fraction of sp³-hybridized carbons (Fsp3) is 0.385. The number of hydrogen-bond acceptors (Lipinski definition) is 6. The number of amides is 1. The summed E-state index contributed by atoms with van der Waals surface area (Å²) in [6.45, 7) is 9.98. The van der Waals surface area contributed by atoms with Gasteiger partial charge in [0.2, 0.25) is 0 Å². The minimum atomic E-state index is -0.0546. The number of benzene rings is 2. The Morgan fingerprint density at radius 3 is 2.42 bits per heavy atom. The predicted octanol–water partition coefficient (Wildman–Crippen LogP) is 6.20. The van der Waals surface area contributed by atoms with E-state index in [1.165, 1.54) is 22.9 Å². The Morgan fingerprint density at radius 2 is 1.79 bits per heavy atom. The first-order chi connectivity index (χ1) is 15.8. The summed E-state index contributed by atoms with van der Waals surface area (Å²) in [5, 5.41) is 0. The molecule has 0 atom stereocenters. The number of carbonyl (C=O) groups is 1. The molecule has 0 saturated carbocycles. The van der Waals surface area contributed by atoms with Crippen LogP contribution in [0.4, 0.5) is 0 Å². The van der Waals surface area contributed by atoms with Crippen molar-refractivity contribution in [3.8, 4) is 17.2 Å². The highest BCUT2D eigenvalue weighted by Gasteiger charge is 2.30. The van der Waals surface area contributed by atoms with Crippen molar-refractivity contribution in [1.29, 1.82) is 0 Å². The number of thiocarbonyl (C=S) groups is 1. The summed E-state index contributed by atoms with van der Waals surface area (Å²) in [4.78, 5) is 14.7. The lowest BCUT2D eigenvalue weighted by atomic mass is 10.0. The van der Waals surface area contributed by atoms with Crippen molar-refractivity contribution in [2.24, 2.45) is 0 Å². The number of nitrogens with zero attached hydrogens (tertiary/aromatic N) is 1. The third-order valence-electron chi connectivity index (χ3n) is 5.27. The van der Waals surface area contributed by atoms with Crippen molar-refractivity contribution in [2.75, 3.05) is 26.9 Å². The van der Waals surface area contributed by atoms with Gasteiger partial charge in [-0.2, -0.15) is 0 Å². The maximum atomic E-state index is 12.4. The third-order valence-corrected chi connectivity index (χ3v) is 6.65. The second-order valence-electron chi connectivity index (χ2n) is 8.08. The molecule has 3 rings (SSSR count). The van der Waals surface area contributed by atoms with E-state index in [9.17, 15) is 4.79 Å². The van der Waals surface area contributed by atoms with E-state index in [0.29, 0.717) is 46.4 Å². The van der Waals surface area contributed by atoms with Gasteiger partial charge in [0.25, 0.3) is 5.91 Å². The van der Waals surface area contributed by atoms with Crippen LogP contribution in [-0.2, 0) is 4.79 Å². The van der Waals surface area contributed by atoms with Gasteiger partial charge in [0, 0.05) is 13.0 Å². The number of carbonyl (C=O) groups excluding carboxylic acids is 1. The van der Waals surface area contributed by atoms with Gasteiger partial charge >= 0.3 is 0 Å². The summed E-state index contributed by atoms with van der Waals surface area (Å²) in [5.74, 6) is 2.58. The lowest BCUT2D eigenvalue weighted by molar-refractivity contribution is -0.121. The zero-order valence-electron chi connectivity index (χ0n) is 19.8. The van der Waals surface area contributed by atoms with Crippen LogP contribution in [-0.4, -0.2) is 42.0 Å². The average molecular weight is 486 g/mol. The number of aryl methyl sites for hydroxylation is 1. The maximum absolute atomic E-state index is 12.4. The average Bonchev–Trinajstić information content (AvgIpc) is 3.05. The lowest BCUT2D eigenvalue weighted by Crippen LogP contribution is -2.27. The van der Waals surface area contributed by atoms with Crippen LogP contribution in [0.15, 0.2) is 41.3 Å². The molecule has 1 fully saturated rings. The van der Waals surface area contributed by atoms with Gasteiger partial charge in [-0.1, -0.05) is 56.0 Å². The minimum Gasteiger partial charge on any atom is -0.493 e. The second-order valence-corrected chi connectivity index (χ2v) is 9.76. The van der Waals surface area contributed by atoms with Crippen molar-refractivity contribution >= 4 is 40.3 Å². The Balaban J connectivity index is 1.57. The van der Waals surface area contributed by atoms with Gasteiger partial charge in [0.05, 0.1) is 25.2 Å². The van der Waals surface area contributed by atoms with Crippen LogP contribution >= 0.6 is 24.0 Å². The summed E-state index contributed by atoms with van der Waals surface area (Å²) in [5.41, 5.74) is 3.27. The zero-order chi connectivity index (χ0) is 24.0. The van der Waals surface area contributed by atoms with E-state index in [4.69, 9.17) is 26.4 Å². The second kappa shape index (κ2) is 11.6. The fourth-order valence-corrected chi connectivity index (χ4v) is 4.87. The summed E-state index contributed by atoms with van der Waals surface area (Å²) in [7, 11) is 1.61. The van der Waals surface area contributed by atoms with E-state index < -0.39 is 0 Å². The molecule has 0 spiro atoms. The number of thioether (sulfide) groups is 1. The number of likely N-dealkylation sites (N-methyl/N-ethyl adjacent to an activating group) is 1. The zero-order valence-corrected chi connectivity index (χ0v) is 21.5. The standard InChI is InChI=1S/C26H31NO4S2/c1-6-27-25(28)24(33-26(27)32)16-19-9-11-21(23(15-19)29-5)30-12-7-13-31-22-14-18(4)8-10-20(22)17(2)3/h8-11,14-17H,6-7,12-13H2,1-5H3/b24-16+. The molecule has 33 heavy (non-hydrogen) atoms. The van der Waals surface area contributed by atoms with Crippen molar-refractivity contribution in [3.63, 3.8) is 0 Å². The maximum Gasteiger partial charge on any atom is 0.266 e. The molecule has 7 heteroatoms. The molecule has 1 heterocycles. The van der Waals surface area contributed by atoms with Gasteiger partial charge < -0.3 is 14.2 Å². The van der Waals surface area contributed by atoms with E-state index in [1.54, 1.807) is 12.0 Å². The van der Waals surface area contributed by atoms with Crippen molar-refractivity contribution in [1.82, 2.24) is 4.90 Å². The number of hydrogen-bond donors (Lipinski definition) is 0. The molecule has 1 saturated heterocycles. The highest BCUT2D eigenvalue weighted by molar-refractivity contribution is 8.26. The highest BCUT2D eigenvalue weighted by atomic mass is 32.2. The molecule has 1 aliphatic rings. The summed E-state index contributed by atoms with van der Waals surface area (Å²) in [6, 6.07) is 12.0. The predicted molar refractivity (Wildman–Crippen MR) is 139 cm³/mol. The monoisotopic (exact) mass is 485 g/mol. The van der Waals surface area contributed by atoms with Gasteiger partial charge in [0.15, 0.2) is 11.5 Å². The Kier molecular flexibility index (Phi) is 8.80. The van der Waals surface area contributed by atoms with Crippen LogP contribution in [0.2, 0.25) is 0 Å². The molecule has 2 aromatic rings. The Labute approximate surface area is 206 Å². The van der Waals surface area contributed by atoms with Gasteiger partial charge in [0.1, 0.15) is 10.1 Å². The van der Waals surface area contributed by atoms with Gasteiger partial charge in [-0.15, -0.1) is 0 Å². The van der Waals surface area contributed by atoms with E-state index in [2.05, 4.69) is 39.0 Å². The normalized spacial score (nSPS) is 15.0. The molecular formula is C26H31NO4S2. The van der Waals surface area contributed by atoms with Crippen LogP contribution < -0.4 is 14.2 Å². The third kappa shape index (κ3) is 6.30. The number of rotatable bonds is 10. The van der Waals surface area contributed by atoms with E-state index in [0.717, 1.165) is 17.7 Å². The molecule has 0 bridgehead atoms. The van der Waals surface area contributed by atoms with Crippen LogP contribution in [0.1, 0.15) is 49.8 Å². The molecule has 5 nitrogen and oxygen atoms in total. The molecule has 1 amide bonds. The lowest BCUT2D eigenvalue weighted by Gasteiger charge is -2.15. The molecule has 0 unspecified atom stereocenters. The summed E-state index contributed by atoms with van der Waals surface area (Å²) >= 11 is 6.60. The van der Waals surface area contributed by atoms with Crippen molar-refractivity contribution in [3.05, 3.63) is 58.0 Å². The summed E-state index contributed by atoms with van der Waals surface area (Å²) in [6.07, 6.45) is 2.58. The largest absolute Gasteiger partial charge is 0.493 e. The first-order valence-electron chi connectivity index (χ1n) is 11.1. The highest BCUT2D eigenvalue weighted by Crippen LogP contribution is 2.34. The van der Waals surface area contributed by atoms with Crippen LogP contribution in [0.5, 0.6) is 17.2 Å². The van der Waals surface area contributed by atoms with Crippen molar-refractivity contribution < 1.29 is 19.0 Å². The molecule has 0 aromatic heterocycles. The van der Waals surface area contributed by atoms with E-state index in [-0.39, 0.29) is 5.91 Å². The smallest absolute Gasteiger partial charge is 0.266 e. The number of methoxy groups -OCH3 is 1. The van der Waals surface area contributed by atoms with Crippen LogP contribution in [0.3, 0.4) is 0 Å². The van der Waals surface area contributed by atoms with Gasteiger partial charge in [-0.3, -0.25) is 9.69 Å². The number of ether oxygens (including phenoxy) is 3. The molecule has 1 aliphatic heterocycles. The van der Waals surface area contributed by atoms with Gasteiger partial charge in [-0.05, 0) is 60.7 Å². The Morgan fingerprint density at radius 1 is 1.06 bits per heavy atom. The fourth-order valence-electron chi connectivity index (χ4n) is 3.48. The molecule has 0 aliphatic carbocycles.